The van der Waals surface area contributed by atoms with E-state index in [9.17, 15) is 8.78 Å². The van der Waals surface area contributed by atoms with Crippen LogP contribution in [0.3, 0.4) is 0 Å². The van der Waals surface area contributed by atoms with E-state index >= 15 is 0 Å². The normalized spacial score (nSPS) is 10.5. The molecule has 1 nitrogen and oxygen atoms in total. The highest BCUT2D eigenvalue weighted by Gasteiger charge is 2.08. The Hall–Kier alpha value is -0.960. The summed E-state index contributed by atoms with van der Waals surface area (Å²) in [6, 6.07) is 2.38. The summed E-state index contributed by atoms with van der Waals surface area (Å²) < 4.78 is 31.0. The van der Waals surface area contributed by atoms with Crippen LogP contribution in [0.25, 0.3) is 0 Å². The topological polar surface area (TPSA) is 9.23 Å². The lowest BCUT2D eigenvalue weighted by atomic mass is 10.1. The lowest BCUT2D eigenvalue weighted by Crippen LogP contribution is -1.99. The van der Waals surface area contributed by atoms with Crippen molar-refractivity contribution < 1.29 is 13.5 Å². The Morgan fingerprint density at radius 2 is 1.85 bits per heavy atom. The maximum absolute atomic E-state index is 13.4. The maximum atomic E-state index is 13.4. The standard InChI is InChI=1S/C10H12F2O/c1-3-7-4-9(11)5-8(6-13-2)10(7)12/h4-5H,3,6H2,1-2H3. The third kappa shape index (κ3) is 2.25. The second-order valence-electron chi connectivity index (χ2n) is 2.82. The highest BCUT2D eigenvalue weighted by molar-refractivity contribution is 5.26. The highest BCUT2D eigenvalue weighted by Crippen LogP contribution is 2.16. The fourth-order valence-corrected chi connectivity index (χ4v) is 1.23. The Morgan fingerprint density at radius 3 is 2.38 bits per heavy atom. The predicted octanol–water partition coefficient (Wildman–Crippen LogP) is 2.67. The van der Waals surface area contributed by atoms with Gasteiger partial charge in [-0.1, -0.05) is 6.92 Å². The molecule has 0 amide bonds. The lowest BCUT2D eigenvalue weighted by molar-refractivity contribution is 0.181. The molecule has 0 aliphatic rings. The summed E-state index contributed by atoms with van der Waals surface area (Å²) in [5.74, 6) is -0.768. The van der Waals surface area contributed by atoms with E-state index in [-0.39, 0.29) is 18.0 Å². The first-order valence-electron chi connectivity index (χ1n) is 4.14. The van der Waals surface area contributed by atoms with E-state index in [0.717, 1.165) is 6.07 Å². The van der Waals surface area contributed by atoms with E-state index in [1.165, 1.54) is 13.2 Å². The van der Waals surface area contributed by atoms with E-state index in [1.807, 2.05) is 0 Å². The van der Waals surface area contributed by atoms with Crippen molar-refractivity contribution in [1.29, 1.82) is 0 Å². The lowest BCUT2D eigenvalue weighted by Gasteiger charge is -2.06. The predicted molar refractivity (Wildman–Crippen MR) is 46.4 cm³/mol. The van der Waals surface area contributed by atoms with E-state index < -0.39 is 5.82 Å². The minimum Gasteiger partial charge on any atom is -0.380 e. The van der Waals surface area contributed by atoms with Crippen LogP contribution in [0.1, 0.15) is 18.1 Å². The second kappa shape index (κ2) is 4.33. The maximum Gasteiger partial charge on any atom is 0.132 e. The van der Waals surface area contributed by atoms with Gasteiger partial charge in [-0.15, -0.1) is 0 Å². The van der Waals surface area contributed by atoms with Crippen LogP contribution in [0.2, 0.25) is 0 Å². The molecule has 0 aliphatic heterocycles. The van der Waals surface area contributed by atoms with Crippen LogP contribution < -0.4 is 0 Å². The molecule has 1 aromatic rings. The molecule has 0 atom stereocenters. The van der Waals surface area contributed by atoms with Crippen molar-refractivity contribution in [3.8, 4) is 0 Å². The van der Waals surface area contributed by atoms with Gasteiger partial charge in [0.15, 0.2) is 0 Å². The van der Waals surface area contributed by atoms with Gasteiger partial charge in [-0.3, -0.25) is 0 Å². The quantitative estimate of drug-likeness (QED) is 0.705. The number of rotatable bonds is 3. The van der Waals surface area contributed by atoms with Gasteiger partial charge in [-0.05, 0) is 24.1 Å². The fraction of sp³-hybridized carbons (Fsp3) is 0.400. The molecule has 0 spiro atoms. The van der Waals surface area contributed by atoms with Crippen LogP contribution in [-0.4, -0.2) is 7.11 Å². The minimum atomic E-state index is -0.412. The zero-order valence-corrected chi connectivity index (χ0v) is 7.73. The average molecular weight is 186 g/mol. The Labute approximate surface area is 76.3 Å². The first-order valence-corrected chi connectivity index (χ1v) is 4.14. The zero-order chi connectivity index (χ0) is 9.84. The van der Waals surface area contributed by atoms with Gasteiger partial charge in [0, 0.05) is 12.7 Å². The van der Waals surface area contributed by atoms with E-state index in [1.54, 1.807) is 6.92 Å². The Bertz CT molecular complexity index is 297. The molecule has 0 aliphatic carbocycles. The molecule has 0 saturated heterocycles. The minimum absolute atomic E-state index is 0.108. The van der Waals surface area contributed by atoms with Gasteiger partial charge in [-0.2, -0.15) is 0 Å². The number of ether oxygens (including phenoxy) is 1. The van der Waals surface area contributed by atoms with Crippen LogP contribution >= 0.6 is 0 Å². The van der Waals surface area contributed by atoms with Crippen LogP contribution in [0, 0.1) is 11.6 Å². The van der Waals surface area contributed by atoms with Gasteiger partial charge in [0.05, 0.1) is 6.61 Å². The molecule has 0 N–H and O–H groups in total. The van der Waals surface area contributed by atoms with E-state index in [0.29, 0.717) is 12.0 Å². The summed E-state index contributed by atoms with van der Waals surface area (Å²) in [4.78, 5) is 0. The average Bonchev–Trinajstić information content (AvgIpc) is 2.11. The molecule has 0 heterocycles. The van der Waals surface area contributed by atoms with Crippen LogP contribution in [-0.2, 0) is 17.8 Å². The molecule has 1 aromatic carbocycles. The number of methoxy groups -OCH3 is 1. The monoisotopic (exact) mass is 186 g/mol. The summed E-state index contributed by atoms with van der Waals surface area (Å²) in [6.45, 7) is 1.89. The van der Waals surface area contributed by atoms with Gasteiger partial charge in [0.1, 0.15) is 11.6 Å². The fourth-order valence-electron chi connectivity index (χ4n) is 1.23. The van der Waals surface area contributed by atoms with Crippen molar-refractivity contribution in [3.05, 3.63) is 34.9 Å². The first kappa shape index (κ1) is 10.1. The zero-order valence-electron chi connectivity index (χ0n) is 7.73. The van der Waals surface area contributed by atoms with E-state index in [2.05, 4.69) is 0 Å². The van der Waals surface area contributed by atoms with Gasteiger partial charge < -0.3 is 4.74 Å². The van der Waals surface area contributed by atoms with Crippen molar-refractivity contribution >= 4 is 0 Å². The molecule has 3 heteroatoms. The molecule has 13 heavy (non-hydrogen) atoms. The highest BCUT2D eigenvalue weighted by atomic mass is 19.1. The largest absolute Gasteiger partial charge is 0.380 e. The third-order valence-electron chi connectivity index (χ3n) is 1.87. The summed E-state index contributed by atoms with van der Waals surface area (Å²) in [7, 11) is 1.45. The van der Waals surface area contributed by atoms with Crippen LogP contribution in [0.4, 0.5) is 8.78 Å². The number of hydrogen-bond donors (Lipinski definition) is 0. The second-order valence-corrected chi connectivity index (χ2v) is 2.82. The molecule has 0 unspecified atom stereocenters. The number of aryl methyl sites for hydroxylation is 1. The Kier molecular flexibility index (Phi) is 3.37. The number of halogens is 2. The van der Waals surface area contributed by atoms with Crippen molar-refractivity contribution in [2.24, 2.45) is 0 Å². The van der Waals surface area contributed by atoms with Gasteiger partial charge in [0.2, 0.25) is 0 Å². The summed E-state index contributed by atoms with van der Waals surface area (Å²) in [5, 5.41) is 0. The summed E-state index contributed by atoms with van der Waals surface area (Å²) in [5.41, 5.74) is 0.673. The summed E-state index contributed by atoms with van der Waals surface area (Å²) in [6.07, 6.45) is 0.486. The molecule has 0 saturated carbocycles. The molecule has 0 aromatic heterocycles. The first-order chi connectivity index (χ1) is 6.19. The van der Waals surface area contributed by atoms with E-state index in [4.69, 9.17) is 4.74 Å². The SMILES string of the molecule is CCc1cc(F)cc(COC)c1F. The number of hydrogen-bond acceptors (Lipinski definition) is 1. The smallest absolute Gasteiger partial charge is 0.132 e. The van der Waals surface area contributed by atoms with Crippen LogP contribution in [0.5, 0.6) is 0 Å². The molecule has 72 valence electrons. The van der Waals surface area contributed by atoms with Crippen LogP contribution in [0.15, 0.2) is 12.1 Å². The molecule has 0 fully saturated rings. The number of benzene rings is 1. The molecular formula is C10H12F2O. The molecule has 1 rings (SSSR count). The van der Waals surface area contributed by atoms with Crippen molar-refractivity contribution in [2.75, 3.05) is 7.11 Å². The van der Waals surface area contributed by atoms with Crippen molar-refractivity contribution in [1.82, 2.24) is 0 Å². The molecule has 0 bridgehead atoms. The van der Waals surface area contributed by atoms with Crippen molar-refractivity contribution in [2.45, 2.75) is 20.0 Å². The Balaban J connectivity index is 3.11. The van der Waals surface area contributed by atoms with Gasteiger partial charge in [-0.25, -0.2) is 8.78 Å². The van der Waals surface area contributed by atoms with Gasteiger partial charge >= 0.3 is 0 Å². The molecule has 0 radical (unpaired) electrons. The summed E-state index contributed by atoms with van der Waals surface area (Å²) >= 11 is 0. The third-order valence-corrected chi connectivity index (χ3v) is 1.87. The van der Waals surface area contributed by atoms with Crippen molar-refractivity contribution in [3.63, 3.8) is 0 Å². The Morgan fingerprint density at radius 1 is 1.23 bits per heavy atom. The van der Waals surface area contributed by atoms with Gasteiger partial charge in [0.25, 0.3) is 0 Å². The molecular weight excluding hydrogens is 174 g/mol.